The van der Waals surface area contributed by atoms with Crippen LogP contribution in [-0.4, -0.2) is 14.2 Å². The fraction of sp³-hybridized carbons (Fsp3) is 0.167. The smallest absolute Gasteiger partial charge is 0.241 e. The Hall–Kier alpha value is -2.44. The maximum absolute atomic E-state index is 12.5. The number of nitrogens with one attached hydrogen (secondary N) is 1. The van der Waals surface area contributed by atoms with Gasteiger partial charge in [-0.05, 0) is 38.1 Å². The Kier molecular flexibility index (Phi) is 4.26. The lowest BCUT2D eigenvalue weighted by Crippen LogP contribution is -2.26. The summed E-state index contributed by atoms with van der Waals surface area (Å²) < 4.78 is 33.4. The molecule has 0 spiro atoms. The fourth-order valence-corrected chi connectivity index (χ4v) is 3.71. The Bertz CT molecular complexity index is 972. The van der Waals surface area contributed by atoms with Gasteiger partial charge in [0.1, 0.15) is 11.3 Å². The standard InChI is InChI=1S/C18H17NO4S/c1-12(18-11-15-6-3-4-9-17(15)23-18)19-24(21,22)16-8-5-7-14(10-16)13(2)20/h3-12,19H,1-2H3/t12-/m0/s1. The Morgan fingerprint density at radius 2 is 1.83 bits per heavy atom. The van der Waals surface area contributed by atoms with Crippen molar-refractivity contribution in [2.24, 2.45) is 0 Å². The second kappa shape index (κ2) is 6.22. The molecule has 0 aliphatic heterocycles. The minimum absolute atomic E-state index is 0.0539. The van der Waals surface area contributed by atoms with Crippen molar-refractivity contribution in [1.29, 1.82) is 0 Å². The fourth-order valence-electron chi connectivity index (χ4n) is 2.46. The first-order chi connectivity index (χ1) is 11.4. The molecule has 3 rings (SSSR count). The number of fused-ring (bicyclic) bond motifs is 1. The third kappa shape index (κ3) is 3.25. The first-order valence-electron chi connectivity index (χ1n) is 7.48. The van der Waals surface area contributed by atoms with Crippen molar-refractivity contribution in [2.75, 3.05) is 0 Å². The maximum atomic E-state index is 12.5. The van der Waals surface area contributed by atoms with Crippen LogP contribution >= 0.6 is 0 Å². The summed E-state index contributed by atoms with van der Waals surface area (Å²) >= 11 is 0. The number of hydrogen-bond acceptors (Lipinski definition) is 4. The minimum atomic E-state index is -3.76. The van der Waals surface area contributed by atoms with E-state index in [0.717, 1.165) is 5.39 Å². The summed E-state index contributed by atoms with van der Waals surface area (Å²) in [5.41, 5.74) is 1.06. The lowest BCUT2D eigenvalue weighted by molar-refractivity contribution is 0.101. The second-order valence-electron chi connectivity index (χ2n) is 5.61. The highest BCUT2D eigenvalue weighted by atomic mass is 32.2. The molecule has 0 saturated heterocycles. The van der Waals surface area contributed by atoms with Crippen LogP contribution in [0.25, 0.3) is 11.0 Å². The van der Waals surface area contributed by atoms with Gasteiger partial charge in [-0.3, -0.25) is 4.79 Å². The Balaban J connectivity index is 1.88. The number of furan rings is 1. The van der Waals surface area contributed by atoms with Gasteiger partial charge in [-0.15, -0.1) is 0 Å². The molecular weight excluding hydrogens is 326 g/mol. The molecule has 1 heterocycles. The highest BCUT2D eigenvalue weighted by Gasteiger charge is 2.21. The molecule has 0 radical (unpaired) electrons. The number of rotatable bonds is 5. The molecular formula is C18H17NO4S. The number of benzene rings is 2. The Labute approximate surface area is 140 Å². The van der Waals surface area contributed by atoms with Gasteiger partial charge < -0.3 is 4.42 Å². The van der Waals surface area contributed by atoms with Gasteiger partial charge >= 0.3 is 0 Å². The molecule has 1 aromatic heterocycles. The zero-order chi connectivity index (χ0) is 17.3. The van der Waals surface area contributed by atoms with E-state index in [1.807, 2.05) is 30.3 Å². The van der Waals surface area contributed by atoms with Gasteiger partial charge in [0.25, 0.3) is 0 Å². The Morgan fingerprint density at radius 1 is 1.08 bits per heavy atom. The molecule has 3 aromatic rings. The zero-order valence-electron chi connectivity index (χ0n) is 13.3. The Morgan fingerprint density at radius 3 is 2.54 bits per heavy atom. The molecule has 24 heavy (non-hydrogen) atoms. The van der Waals surface area contributed by atoms with Crippen molar-refractivity contribution in [3.8, 4) is 0 Å². The molecule has 2 aromatic carbocycles. The van der Waals surface area contributed by atoms with Crippen LogP contribution in [0.2, 0.25) is 0 Å². The number of hydrogen-bond donors (Lipinski definition) is 1. The second-order valence-corrected chi connectivity index (χ2v) is 7.33. The van der Waals surface area contributed by atoms with Crippen LogP contribution in [0.5, 0.6) is 0 Å². The van der Waals surface area contributed by atoms with Crippen molar-refractivity contribution in [3.05, 3.63) is 65.9 Å². The summed E-state index contributed by atoms with van der Waals surface area (Å²) in [5, 5.41) is 0.914. The van der Waals surface area contributed by atoms with Gasteiger partial charge in [-0.25, -0.2) is 13.1 Å². The number of ketones is 1. The van der Waals surface area contributed by atoms with Gasteiger partial charge in [0.05, 0.1) is 10.9 Å². The summed E-state index contributed by atoms with van der Waals surface area (Å²) in [4.78, 5) is 11.5. The first kappa shape index (κ1) is 16.4. The number of carbonyl (C=O) groups is 1. The van der Waals surface area contributed by atoms with E-state index in [1.165, 1.54) is 19.1 Å². The molecule has 0 aliphatic carbocycles. The monoisotopic (exact) mass is 343 g/mol. The third-order valence-electron chi connectivity index (χ3n) is 3.75. The average molecular weight is 343 g/mol. The van der Waals surface area contributed by atoms with Crippen molar-refractivity contribution in [1.82, 2.24) is 4.72 Å². The van der Waals surface area contributed by atoms with Gasteiger partial charge in [0.15, 0.2) is 5.78 Å². The van der Waals surface area contributed by atoms with Crippen LogP contribution in [0.1, 0.15) is 36.0 Å². The SMILES string of the molecule is CC(=O)c1cccc(S(=O)(=O)N[C@@H](C)c2cc3ccccc3o2)c1. The molecule has 124 valence electrons. The molecule has 0 amide bonds. The molecule has 5 nitrogen and oxygen atoms in total. The lowest BCUT2D eigenvalue weighted by Gasteiger charge is -2.12. The van der Waals surface area contributed by atoms with Gasteiger partial charge in [0.2, 0.25) is 10.0 Å². The van der Waals surface area contributed by atoms with Crippen molar-refractivity contribution >= 4 is 26.8 Å². The molecule has 6 heteroatoms. The van der Waals surface area contributed by atoms with Crippen molar-refractivity contribution in [3.63, 3.8) is 0 Å². The molecule has 0 saturated carbocycles. The van der Waals surface area contributed by atoms with E-state index < -0.39 is 16.1 Å². The quantitative estimate of drug-likeness (QED) is 0.717. The van der Waals surface area contributed by atoms with Gasteiger partial charge in [-0.1, -0.05) is 30.3 Å². The van der Waals surface area contributed by atoms with Crippen molar-refractivity contribution in [2.45, 2.75) is 24.8 Å². The number of para-hydroxylation sites is 1. The highest BCUT2D eigenvalue weighted by Crippen LogP contribution is 2.25. The summed E-state index contributed by atoms with van der Waals surface area (Å²) in [6.45, 7) is 3.11. The van der Waals surface area contributed by atoms with Crippen LogP contribution in [0.15, 0.2) is 63.9 Å². The summed E-state index contributed by atoms with van der Waals surface area (Å²) in [6.07, 6.45) is 0. The third-order valence-corrected chi connectivity index (χ3v) is 5.29. The van der Waals surface area contributed by atoms with E-state index in [1.54, 1.807) is 19.1 Å². The maximum Gasteiger partial charge on any atom is 0.241 e. The van der Waals surface area contributed by atoms with E-state index in [4.69, 9.17) is 4.42 Å². The van der Waals surface area contributed by atoms with Crippen LogP contribution in [0.4, 0.5) is 0 Å². The summed E-state index contributed by atoms with van der Waals surface area (Å²) in [7, 11) is -3.76. The van der Waals surface area contributed by atoms with Gasteiger partial charge in [0, 0.05) is 10.9 Å². The largest absolute Gasteiger partial charge is 0.459 e. The molecule has 1 N–H and O–H groups in total. The van der Waals surface area contributed by atoms with Crippen LogP contribution in [-0.2, 0) is 10.0 Å². The molecule has 1 atom stereocenters. The topological polar surface area (TPSA) is 76.4 Å². The highest BCUT2D eigenvalue weighted by molar-refractivity contribution is 7.89. The molecule has 0 bridgehead atoms. The lowest BCUT2D eigenvalue weighted by atomic mass is 10.2. The minimum Gasteiger partial charge on any atom is -0.459 e. The molecule has 0 aliphatic rings. The van der Waals surface area contributed by atoms with E-state index in [0.29, 0.717) is 16.9 Å². The van der Waals surface area contributed by atoms with E-state index in [-0.39, 0.29) is 10.7 Å². The normalized spacial score (nSPS) is 13.1. The van der Waals surface area contributed by atoms with E-state index in [9.17, 15) is 13.2 Å². The predicted molar refractivity (Wildman–Crippen MR) is 91.4 cm³/mol. The summed E-state index contributed by atoms with van der Waals surface area (Å²) in [5.74, 6) is 0.347. The zero-order valence-corrected chi connectivity index (χ0v) is 14.1. The number of sulfonamides is 1. The molecule has 0 fully saturated rings. The van der Waals surface area contributed by atoms with Crippen LogP contribution in [0, 0.1) is 0 Å². The van der Waals surface area contributed by atoms with Crippen LogP contribution < -0.4 is 4.72 Å². The van der Waals surface area contributed by atoms with Gasteiger partial charge in [-0.2, -0.15) is 0 Å². The molecule has 0 unspecified atom stereocenters. The van der Waals surface area contributed by atoms with E-state index >= 15 is 0 Å². The average Bonchev–Trinajstić information content (AvgIpc) is 2.99. The number of Topliss-reactive ketones (excluding diaryl/α,β-unsaturated/α-hetero) is 1. The van der Waals surface area contributed by atoms with Crippen molar-refractivity contribution < 1.29 is 17.6 Å². The van der Waals surface area contributed by atoms with Crippen LogP contribution in [0.3, 0.4) is 0 Å². The van der Waals surface area contributed by atoms with E-state index in [2.05, 4.69) is 4.72 Å². The first-order valence-corrected chi connectivity index (χ1v) is 8.97. The predicted octanol–water partition coefficient (Wildman–Crippen LogP) is 3.67. The number of carbonyl (C=O) groups excluding carboxylic acids is 1. The summed E-state index contributed by atoms with van der Waals surface area (Å²) in [6, 6.07) is 14.7.